The number of hydrogen-bond acceptors (Lipinski definition) is 3. The quantitative estimate of drug-likeness (QED) is 0.718. The van der Waals surface area contributed by atoms with Gasteiger partial charge >= 0.3 is 0 Å². The highest BCUT2D eigenvalue weighted by Crippen LogP contribution is 2.21. The number of hydrogen-bond donors (Lipinski definition) is 1. The molecule has 0 heterocycles. The summed E-state index contributed by atoms with van der Waals surface area (Å²) in [4.78, 5) is 25.3. The second kappa shape index (κ2) is 6.73. The summed E-state index contributed by atoms with van der Waals surface area (Å²) in [6.45, 7) is 3.89. The molecule has 0 fully saturated rings. The lowest BCUT2D eigenvalue weighted by Crippen LogP contribution is -2.06. The summed E-state index contributed by atoms with van der Waals surface area (Å²) in [7, 11) is 0. The first-order chi connectivity index (χ1) is 11.9. The van der Waals surface area contributed by atoms with E-state index in [9.17, 15) is 14.7 Å². The molecule has 0 spiro atoms. The van der Waals surface area contributed by atoms with Crippen LogP contribution in [0.4, 0.5) is 0 Å². The van der Waals surface area contributed by atoms with E-state index in [1.807, 2.05) is 38.1 Å². The second-order valence-corrected chi connectivity index (χ2v) is 6.16. The van der Waals surface area contributed by atoms with Crippen LogP contribution in [0.15, 0.2) is 66.7 Å². The van der Waals surface area contributed by atoms with Crippen molar-refractivity contribution in [2.75, 3.05) is 0 Å². The predicted molar refractivity (Wildman–Crippen MR) is 97.3 cm³/mol. The molecule has 25 heavy (non-hydrogen) atoms. The molecule has 124 valence electrons. The van der Waals surface area contributed by atoms with Crippen LogP contribution in [0.1, 0.15) is 43.0 Å². The molecular weight excluding hydrogens is 312 g/mol. The van der Waals surface area contributed by atoms with Gasteiger partial charge in [-0.15, -0.1) is 0 Å². The topological polar surface area (TPSA) is 54.4 Å². The lowest BCUT2D eigenvalue weighted by atomic mass is 9.96. The first-order valence-corrected chi connectivity index (χ1v) is 8.01. The molecule has 3 aromatic carbocycles. The first-order valence-electron chi connectivity index (χ1n) is 8.01. The van der Waals surface area contributed by atoms with Crippen molar-refractivity contribution in [2.24, 2.45) is 0 Å². The fourth-order valence-electron chi connectivity index (χ4n) is 2.62. The Morgan fingerprint density at radius 1 is 0.600 bits per heavy atom. The van der Waals surface area contributed by atoms with E-state index in [4.69, 9.17) is 0 Å². The zero-order valence-corrected chi connectivity index (χ0v) is 14.1. The van der Waals surface area contributed by atoms with Gasteiger partial charge in [0.25, 0.3) is 0 Å². The van der Waals surface area contributed by atoms with E-state index < -0.39 is 0 Å². The minimum atomic E-state index is -0.228. The Morgan fingerprint density at radius 3 is 1.32 bits per heavy atom. The molecule has 0 saturated heterocycles. The molecule has 3 aromatic rings. The first kappa shape index (κ1) is 16.7. The minimum Gasteiger partial charge on any atom is -0.508 e. The van der Waals surface area contributed by atoms with Crippen LogP contribution in [0.3, 0.4) is 0 Å². The molecule has 3 nitrogen and oxygen atoms in total. The van der Waals surface area contributed by atoms with Gasteiger partial charge in [-0.2, -0.15) is 0 Å². The number of phenols is 1. The van der Waals surface area contributed by atoms with Crippen molar-refractivity contribution in [3.63, 3.8) is 0 Å². The molecule has 0 aliphatic rings. The molecule has 0 bridgehead atoms. The highest BCUT2D eigenvalue weighted by atomic mass is 16.3. The minimum absolute atomic E-state index is 0.103. The molecule has 0 amide bonds. The van der Waals surface area contributed by atoms with Gasteiger partial charge in [-0.3, -0.25) is 9.59 Å². The van der Waals surface area contributed by atoms with Crippen LogP contribution in [-0.2, 0) is 0 Å². The van der Waals surface area contributed by atoms with Crippen LogP contribution in [0.5, 0.6) is 5.75 Å². The molecule has 0 radical (unpaired) electrons. The summed E-state index contributed by atoms with van der Waals surface area (Å²) in [5.41, 5.74) is 3.74. The van der Waals surface area contributed by atoms with Crippen LogP contribution in [0.25, 0.3) is 0 Å². The van der Waals surface area contributed by atoms with E-state index in [0.717, 1.165) is 11.1 Å². The fourth-order valence-corrected chi connectivity index (χ4v) is 2.62. The smallest absolute Gasteiger partial charge is 0.193 e. The number of rotatable bonds is 4. The van der Waals surface area contributed by atoms with Gasteiger partial charge in [-0.1, -0.05) is 59.7 Å². The molecule has 0 aliphatic heterocycles. The van der Waals surface area contributed by atoms with Crippen molar-refractivity contribution in [1.29, 1.82) is 0 Å². The van der Waals surface area contributed by atoms with E-state index in [-0.39, 0.29) is 17.3 Å². The Morgan fingerprint density at radius 2 is 0.960 bits per heavy atom. The Hall–Kier alpha value is -3.20. The van der Waals surface area contributed by atoms with Crippen molar-refractivity contribution in [1.82, 2.24) is 0 Å². The van der Waals surface area contributed by atoms with Gasteiger partial charge in [0, 0.05) is 22.3 Å². The summed E-state index contributed by atoms with van der Waals surface area (Å²) in [5.74, 6) is -0.559. The summed E-state index contributed by atoms with van der Waals surface area (Å²) in [6.07, 6.45) is 0. The maximum atomic E-state index is 12.6. The van der Waals surface area contributed by atoms with Gasteiger partial charge in [0.15, 0.2) is 11.6 Å². The molecular formula is C22H18O3. The number of benzene rings is 3. The van der Waals surface area contributed by atoms with Crippen molar-refractivity contribution in [2.45, 2.75) is 13.8 Å². The Bertz CT molecular complexity index is 860. The summed E-state index contributed by atoms with van der Waals surface area (Å²) in [6, 6.07) is 18.7. The number of aromatic hydroxyl groups is 1. The van der Waals surface area contributed by atoms with E-state index in [2.05, 4.69) is 0 Å². The SMILES string of the molecule is Cc1ccc(C(=O)c2cc(O)cc(C(=O)c3ccc(C)cc3)c2)cc1. The van der Waals surface area contributed by atoms with Crippen LogP contribution in [-0.4, -0.2) is 16.7 Å². The van der Waals surface area contributed by atoms with Gasteiger partial charge in [0.2, 0.25) is 0 Å². The molecule has 0 aromatic heterocycles. The number of carbonyl (C=O) groups excluding carboxylic acids is 2. The molecule has 1 N–H and O–H groups in total. The summed E-state index contributed by atoms with van der Waals surface area (Å²) in [5, 5.41) is 9.97. The highest BCUT2D eigenvalue weighted by molar-refractivity contribution is 6.13. The van der Waals surface area contributed by atoms with Gasteiger partial charge in [-0.05, 0) is 32.0 Å². The van der Waals surface area contributed by atoms with Gasteiger partial charge in [0.05, 0.1) is 0 Å². The maximum absolute atomic E-state index is 12.6. The molecule has 0 saturated carbocycles. The fraction of sp³-hybridized carbons (Fsp3) is 0.0909. The van der Waals surface area contributed by atoms with Crippen molar-refractivity contribution < 1.29 is 14.7 Å². The van der Waals surface area contributed by atoms with E-state index in [0.29, 0.717) is 22.3 Å². The van der Waals surface area contributed by atoms with E-state index >= 15 is 0 Å². The third kappa shape index (κ3) is 3.66. The van der Waals surface area contributed by atoms with Gasteiger partial charge in [-0.25, -0.2) is 0 Å². The van der Waals surface area contributed by atoms with Crippen LogP contribution in [0.2, 0.25) is 0 Å². The Labute approximate surface area is 146 Å². The molecule has 3 rings (SSSR count). The van der Waals surface area contributed by atoms with E-state index in [1.54, 1.807) is 24.3 Å². The standard InChI is InChI=1S/C22H18O3/c1-14-3-7-16(8-4-14)21(24)18-11-19(13-20(23)12-18)22(25)17-9-5-15(2)6-10-17/h3-13,23H,1-2H3. The third-order valence-corrected chi connectivity index (χ3v) is 4.07. The van der Waals surface area contributed by atoms with Crippen LogP contribution < -0.4 is 0 Å². The number of carbonyl (C=O) groups is 2. The molecule has 3 heteroatoms. The zero-order chi connectivity index (χ0) is 18.0. The summed E-state index contributed by atoms with van der Waals surface area (Å²) >= 11 is 0. The van der Waals surface area contributed by atoms with E-state index in [1.165, 1.54) is 18.2 Å². The predicted octanol–water partition coefficient (Wildman–Crippen LogP) is 4.47. The summed E-state index contributed by atoms with van der Waals surface area (Å²) < 4.78 is 0. The number of ketones is 2. The normalized spacial score (nSPS) is 10.5. The lowest BCUT2D eigenvalue weighted by molar-refractivity contribution is 0.103. The number of aryl methyl sites for hydroxylation is 2. The zero-order valence-electron chi connectivity index (χ0n) is 14.1. The van der Waals surface area contributed by atoms with Gasteiger partial charge in [0.1, 0.15) is 5.75 Å². The van der Waals surface area contributed by atoms with Crippen molar-refractivity contribution in [3.8, 4) is 5.75 Å². The molecule has 0 unspecified atom stereocenters. The van der Waals surface area contributed by atoms with Crippen molar-refractivity contribution in [3.05, 3.63) is 100 Å². The Balaban J connectivity index is 1.97. The monoisotopic (exact) mass is 330 g/mol. The molecule has 0 atom stereocenters. The van der Waals surface area contributed by atoms with Gasteiger partial charge < -0.3 is 5.11 Å². The van der Waals surface area contributed by atoms with Crippen molar-refractivity contribution >= 4 is 11.6 Å². The second-order valence-electron chi connectivity index (χ2n) is 6.16. The lowest BCUT2D eigenvalue weighted by Gasteiger charge is -2.07. The average molecular weight is 330 g/mol. The highest BCUT2D eigenvalue weighted by Gasteiger charge is 2.15. The third-order valence-electron chi connectivity index (χ3n) is 4.07. The maximum Gasteiger partial charge on any atom is 0.193 e. The largest absolute Gasteiger partial charge is 0.508 e. The van der Waals surface area contributed by atoms with Crippen LogP contribution >= 0.6 is 0 Å². The molecule has 0 aliphatic carbocycles. The van der Waals surface area contributed by atoms with Crippen LogP contribution in [0, 0.1) is 13.8 Å². The average Bonchev–Trinajstić information content (AvgIpc) is 2.61. The Kier molecular flexibility index (Phi) is 4.48. The number of phenolic OH excluding ortho intramolecular Hbond substituents is 1.